The van der Waals surface area contributed by atoms with E-state index in [0.717, 1.165) is 36.7 Å². The predicted octanol–water partition coefficient (Wildman–Crippen LogP) is 5.15. The fraction of sp³-hybridized carbons (Fsp3) is 0.385. The molecule has 0 spiro atoms. The van der Waals surface area contributed by atoms with E-state index >= 15 is 0 Å². The second-order valence-electron chi connectivity index (χ2n) is 7.54. The Balaban J connectivity index is 1.93. The number of nitrogens with zero attached hydrogens (tertiary/aromatic N) is 2. The SMILES string of the molecule is C=C/C(=C\C=C(/C)NCc1ccc(-c2ccnc(NC)c2C)s1)C(=O)OCCN(CC)CC. The molecule has 7 heteroatoms. The van der Waals surface area contributed by atoms with Crippen molar-refractivity contribution in [3.05, 3.63) is 70.9 Å². The molecule has 0 aliphatic carbocycles. The van der Waals surface area contributed by atoms with Crippen molar-refractivity contribution in [2.24, 2.45) is 0 Å². The zero-order chi connectivity index (χ0) is 24.2. The lowest BCUT2D eigenvalue weighted by Crippen LogP contribution is -2.28. The van der Waals surface area contributed by atoms with Crippen LogP contribution in [0.2, 0.25) is 0 Å². The minimum atomic E-state index is -0.349. The van der Waals surface area contributed by atoms with E-state index in [-0.39, 0.29) is 5.97 Å². The smallest absolute Gasteiger partial charge is 0.338 e. The summed E-state index contributed by atoms with van der Waals surface area (Å²) in [5, 5.41) is 6.54. The minimum absolute atomic E-state index is 0.349. The molecule has 0 aromatic carbocycles. The zero-order valence-corrected chi connectivity index (χ0v) is 21.2. The number of likely N-dealkylation sites (N-methyl/N-ethyl adjacent to an activating group) is 1. The van der Waals surface area contributed by atoms with Crippen molar-refractivity contribution in [3.63, 3.8) is 0 Å². The van der Waals surface area contributed by atoms with E-state index in [1.807, 2.05) is 32.3 Å². The van der Waals surface area contributed by atoms with Gasteiger partial charge in [0.2, 0.25) is 0 Å². The van der Waals surface area contributed by atoms with Gasteiger partial charge in [0.15, 0.2) is 0 Å². The summed E-state index contributed by atoms with van der Waals surface area (Å²) < 4.78 is 5.38. The van der Waals surface area contributed by atoms with Crippen LogP contribution in [0, 0.1) is 6.92 Å². The first-order chi connectivity index (χ1) is 15.9. The molecule has 2 rings (SSSR count). The van der Waals surface area contributed by atoms with Crippen LogP contribution in [0.5, 0.6) is 0 Å². The first-order valence-electron chi connectivity index (χ1n) is 11.3. The van der Waals surface area contributed by atoms with E-state index in [9.17, 15) is 4.79 Å². The maximum Gasteiger partial charge on any atom is 0.338 e. The van der Waals surface area contributed by atoms with Crippen molar-refractivity contribution in [3.8, 4) is 10.4 Å². The minimum Gasteiger partial charge on any atom is -0.461 e. The molecule has 0 aliphatic heterocycles. The number of rotatable bonds is 13. The number of allylic oxidation sites excluding steroid dienone is 3. The Morgan fingerprint density at radius 1 is 1.24 bits per heavy atom. The van der Waals surface area contributed by atoms with E-state index < -0.39 is 0 Å². The number of hydrogen-bond donors (Lipinski definition) is 2. The van der Waals surface area contributed by atoms with Gasteiger partial charge in [0, 0.05) is 41.8 Å². The van der Waals surface area contributed by atoms with Crippen molar-refractivity contribution in [2.45, 2.75) is 34.2 Å². The number of anilines is 1. The molecule has 0 radical (unpaired) electrons. The molecule has 6 nitrogen and oxygen atoms in total. The van der Waals surface area contributed by atoms with Crippen molar-refractivity contribution in [1.82, 2.24) is 15.2 Å². The summed E-state index contributed by atoms with van der Waals surface area (Å²) in [6, 6.07) is 6.33. The third-order valence-electron chi connectivity index (χ3n) is 5.41. The summed E-state index contributed by atoms with van der Waals surface area (Å²) in [5.41, 5.74) is 3.74. The van der Waals surface area contributed by atoms with Gasteiger partial charge < -0.3 is 20.3 Å². The number of carbonyl (C=O) groups is 1. The fourth-order valence-electron chi connectivity index (χ4n) is 3.28. The van der Waals surface area contributed by atoms with Gasteiger partial charge in [0.25, 0.3) is 0 Å². The van der Waals surface area contributed by atoms with Crippen LogP contribution < -0.4 is 10.6 Å². The predicted molar refractivity (Wildman–Crippen MR) is 139 cm³/mol. The standard InChI is InChI=1S/C26H36N4O2S/c1-7-21(26(31)32-17-16-30(8-2)9-3)11-10-19(4)29-18-22-12-13-24(33-22)23-14-15-28-25(27-6)20(23)5/h7,10-15,29H,1,8-9,16-18H2,2-6H3,(H,27,28)/b19-10+,21-11+. The average molecular weight is 469 g/mol. The Morgan fingerprint density at radius 2 is 2.00 bits per heavy atom. The third kappa shape index (κ3) is 7.87. The van der Waals surface area contributed by atoms with Crippen LogP contribution in [0.1, 0.15) is 31.2 Å². The molecule has 0 unspecified atom stereocenters. The second kappa shape index (κ2) is 13.6. The Labute approximate surface area is 202 Å². The Bertz CT molecular complexity index is 990. The summed E-state index contributed by atoms with van der Waals surface area (Å²) >= 11 is 1.76. The number of esters is 1. The van der Waals surface area contributed by atoms with Crippen LogP contribution in [0.25, 0.3) is 10.4 Å². The van der Waals surface area contributed by atoms with Crippen molar-refractivity contribution in [2.75, 3.05) is 38.6 Å². The quantitative estimate of drug-likeness (QED) is 0.241. The third-order valence-corrected chi connectivity index (χ3v) is 6.53. The highest BCUT2D eigenvalue weighted by Crippen LogP contribution is 2.32. The number of pyridine rings is 1. The number of aromatic nitrogens is 1. The van der Waals surface area contributed by atoms with Crippen molar-refractivity contribution < 1.29 is 9.53 Å². The highest BCUT2D eigenvalue weighted by Gasteiger charge is 2.10. The van der Waals surface area contributed by atoms with Crippen molar-refractivity contribution >= 4 is 23.1 Å². The van der Waals surface area contributed by atoms with Gasteiger partial charge in [-0.25, -0.2) is 9.78 Å². The van der Waals surface area contributed by atoms with E-state index in [0.29, 0.717) is 18.7 Å². The molecule has 0 saturated heterocycles. The Hall–Kier alpha value is -2.90. The molecule has 0 fully saturated rings. The molecule has 0 aliphatic rings. The maximum atomic E-state index is 12.3. The van der Waals surface area contributed by atoms with Gasteiger partial charge >= 0.3 is 5.97 Å². The van der Waals surface area contributed by atoms with E-state index in [1.165, 1.54) is 21.4 Å². The highest BCUT2D eigenvalue weighted by molar-refractivity contribution is 7.15. The van der Waals surface area contributed by atoms with Crippen LogP contribution in [-0.2, 0) is 16.1 Å². The van der Waals surface area contributed by atoms with Crippen LogP contribution in [0.3, 0.4) is 0 Å². The highest BCUT2D eigenvalue weighted by atomic mass is 32.1. The molecule has 2 aromatic rings. The summed E-state index contributed by atoms with van der Waals surface area (Å²) in [7, 11) is 1.89. The first-order valence-corrected chi connectivity index (χ1v) is 12.1. The van der Waals surface area contributed by atoms with Crippen LogP contribution in [0.4, 0.5) is 5.82 Å². The normalized spacial score (nSPS) is 12.1. The largest absolute Gasteiger partial charge is 0.461 e. The van der Waals surface area contributed by atoms with Gasteiger partial charge in [-0.2, -0.15) is 0 Å². The molecule has 0 saturated carbocycles. The van der Waals surface area contributed by atoms with Gasteiger partial charge in [-0.05, 0) is 68.4 Å². The summed E-state index contributed by atoms with van der Waals surface area (Å²) in [6.07, 6.45) is 6.99. The molecule has 2 heterocycles. The molecule has 178 valence electrons. The molecule has 0 bridgehead atoms. The second-order valence-corrected chi connectivity index (χ2v) is 8.71. The average Bonchev–Trinajstić information content (AvgIpc) is 3.30. The molecule has 33 heavy (non-hydrogen) atoms. The molecular weight excluding hydrogens is 432 g/mol. The fourth-order valence-corrected chi connectivity index (χ4v) is 4.31. The number of nitrogens with one attached hydrogen (secondary N) is 2. The first kappa shape index (κ1) is 26.4. The van der Waals surface area contributed by atoms with Crippen LogP contribution >= 0.6 is 11.3 Å². The Kier molecular flexibility index (Phi) is 10.9. The summed E-state index contributed by atoms with van der Waals surface area (Å²) in [6.45, 7) is 15.7. The number of carbonyl (C=O) groups excluding carboxylic acids is 1. The van der Waals surface area contributed by atoms with Gasteiger partial charge in [-0.1, -0.05) is 26.5 Å². The molecule has 0 atom stereocenters. The van der Waals surface area contributed by atoms with Gasteiger partial charge in [0.05, 0.1) is 5.57 Å². The topological polar surface area (TPSA) is 66.5 Å². The summed E-state index contributed by atoms with van der Waals surface area (Å²) in [5.74, 6) is 0.550. The lowest BCUT2D eigenvalue weighted by molar-refractivity contribution is -0.139. The lowest BCUT2D eigenvalue weighted by atomic mass is 10.1. The van der Waals surface area contributed by atoms with Crippen LogP contribution in [0.15, 0.2) is 60.5 Å². The van der Waals surface area contributed by atoms with E-state index in [2.05, 4.69) is 60.0 Å². The van der Waals surface area contributed by atoms with Crippen LogP contribution in [-0.4, -0.2) is 49.1 Å². The van der Waals surface area contributed by atoms with Gasteiger partial charge in [-0.3, -0.25) is 0 Å². The molecular formula is C26H36N4O2S. The van der Waals surface area contributed by atoms with E-state index in [4.69, 9.17) is 4.74 Å². The number of ether oxygens (including phenoxy) is 1. The number of thiophene rings is 1. The van der Waals surface area contributed by atoms with Gasteiger partial charge in [-0.15, -0.1) is 11.3 Å². The van der Waals surface area contributed by atoms with Gasteiger partial charge in [0.1, 0.15) is 12.4 Å². The zero-order valence-electron chi connectivity index (χ0n) is 20.4. The van der Waals surface area contributed by atoms with Crippen molar-refractivity contribution in [1.29, 1.82) is 0 Å². The molecule has 2 N–H and O–H groups in total. The molecule has 0 amide bonds. The molecule has 2 aromatic heterocycles. The summed E-state index contributed by atoms with van der Waals surface area (Å²) in [4.78, 5) is 21.3. The van der Waals surface area contributed by atoms with E-state index in [1.54, 1.807) is 17.4 Å². The number of hydrogen-bond acceptors (Lipinski definition) is 7. The maximum absolute atomic E-state index is 12.3. The lowest BCUT2D eigenvalue weighted by Gasteiger charge is -2.17. The Morgan fingerprint density at radius 3 is 2.67 bits per heavy atom. The monoisotopic (exact) mass is 468 g/mol.